The average Bonchev–Trinajstić information content (AvgIpc) is 2.99. The zero-order valence-electron chi connectivity index (χ0n) is 15.5. The van der Waals surface area contributed by atoms with Gasteiger partial charge in [0.1, 0.15) is 18.5 Å². The van der Waals surface area contributed by atoms with Gasteiger partial charge in [0.15, 0.2) is 0 Å². The van der Waals surface area contributed by atoms with Gasteiger partial charge >= 0.3 is 0 Å². The molecule has 0 aliphatic carbocycles. The lowest BCUT2D eigenvalue weighted by molar-refractivity contribution is 0.0592. The number of aryl methyl sites for hydroxylation is 3. The van der Waals surface area contributed by atoms with E-state index in [-0.39, 0.29) is 0 Å². The van der Waals surface area contributed by atoms with Crippen molar-refractivity contribution in [3.63, 3.8) is 0 Å². The number of aromatic nitrogens is 2. The third-order valence-corrected chi connectivity index (χ3v) is 4.85. The monoisotopic (exact) mass is 343 g/mol. The van der Waals surface area contributed by atoms with E-state index in [2.05, 4.69) is 36.0 Å². The van der Waals surface area contributed by atoms with Crippen LogP contribution in [0.25, 0.3) is 0 Å². The van der Waals surface area contributed by atoms with Crippen LogP contribution >= 0.6 is 0 Å². The van der Waals surface area contributed by atoms with Crippen molar-refractivity contribution in [3.8, 4) is 5.75 Å². The van der Waals surface area contributed by atoms with Crippen LogP contribution in [-0.2, 0) is 7.05 Å². The summed E-state index contributed by atoms with van der Waals surface area (Å²) in [6.07, 6.45) is 3.74. The van der Waals surface area contributed by atoms with Gasteiger partial charge in [0.05, 0.1) is 5.69 Å². The smallest absolute Gasteiger partial charge is 0.119 e. The SMILES string of the molecule is Cc1cc(C)cc(OCC(O)CN2CCC(c3ccn(C)n3)CC2)c1. The maximum absolute atomic E-state index is 10.3. The summed E-state index contributed by atoms with van der Waals surface area (Å²) >= 11 is 0. The Morgan fingerprint density at radius 1 is 1.20 bits per heavy atom. The van der Waals surface area contributed by atoms with E-state index in [1.807, 2.05) is 30.1 Å². The van der Waals surface area contributed by atoms with Gasteiger partial charge in [-0.05, 0) is 69.1 Å². The number of likely N-dealkylation sites (tertiary alicyclic amines) is 1. The molecule has 0 saturated carbocycles. The fourth-order valence-electron chi connectivity index (χ4n) is 3.62. The van der Waals surface area contributed by atoms with Crippen molar-refractivity contribution in [1.29, 1.82) is 0 Å². The Morgan fingerprint density at radius 3 is 2.48 bits per heavy atom. The number of nitrogens with zero attached hydrogens (tertiary/aromatic N) is 3. The summed E-state index contributed by atoms with van der Waals surface area (Å²) in [5.41, 5.74) is 3.56. The number of hydrogen-bond acceptors (Lipinski definition) is 4. The maximum atomic E-state index is 10.3. The average molecular weight is 343 g/mol. The Kier molecular flexibility index (Phi) is 5.76. The normalized spacial score (nSPS) is 17.6. The van der Waals surface area contributed by atoms with Gasteiger partial charge in [0, 0.05) is 25.7 Å². The lowest BCUT2D eigenvalue weighted by atomic mass is 9.93. The number of piperidine rings is 1. The molecule has 0 spiro atoms. The zero-order valence-corrected chi connectivity index (χ0v) is 15.5. The van der Waals surface area contributed by atoms with Crippen LogP contribution in [0.3, 0.4) is 0 Å². The van der Waals surface area contributed by atoms with E-state index in [1.165, 1.54) is 16.8 Å². The highest BCUT2D eigenvalue weighted by molar-refractivity contribution is 5.33. The Morgan fingerprint density at radius 2 is 1.88 bits per heavy atom. The van der Waals surface area contributed by atoms with Crippen LogP contribution in [0.1, 0.15) is 35.6 Å². The highest BCUT2D eigenvalue weighted by Crippen LogP contribution is 2.26. The van der Waals surface area contributed by atoms with Gasteiger partial charge in [-0.15, -0.1) is 0 Å². The molecule has 0 radical (unpaired) electrons. The van der Waals surface area contributed by atoms with E-state index in [1.54, 1.807) is 0 Å². The summed E-state index contributed by atoms with van der Waals surface area (Å²) in [5.74, 6) is 1.38. The third-order valence-electron chi connectivity index (χ3n) is 4.85. The Hall–Kier alpha value is -1.85. The highest BCUT2D eigenvalue weighted by atomic mass is 16.5. The molecule has 1 atom stereocenters. The van der Waals surface area contributed by atoms with Gasteiger partial charge in [-0.1, -0.05) is 6.07 Å². The summed E-state index contributed by atoms with van der Waals surface area (Å²) in [5, 5.41) is 14.8. The molecule has 2 aromatic rings. The van der Waals surface area contributed by atoms with Crippen molar-refractivity contribution >= 4 is 0 Å². The minimum atomic E-state index is -0.466. The van der Waals surface area contributed by atoms with Crippen molar-refractivity contribution < 1.29 is 9.84 Å². The lowest BCUT2D eigenvalue weighted by Crippen LogP contribution is -2.40. The molecular formula is C20H29N3O2. The first-order valence-corrected chi connectivity index (χ1v) is 9.10. The first kappa shape index (κ1) is 18.0. The largest absolute Gasteiger partial charge is 0.491 e. The number of hydrogen-bond donors (Lipinski definition) is 1. The van der Waals surface area contributed by atoms with Crippen LogP contribution in [0.2, 0.25) is 0 Å². The highest BCUT2D eigenvalue weighted by Gasteiger charge is 2.23. The Balaban J connectivity index is 1.42. The summed E-state index contributed by atoms with van der Waals surface area (Å²) in [6, 6.07) is 8.26. The number of aliphatic hydroxyl groups is 1. The van der Waals surface area contributed by atoms with Gasteiger partial charge in [-0.25, -0.2) is 0 Å². The summed E-state index contributed by atoms with van der Waals surface area (Å²) in [6.45, 7) is 7.12. The van der Waals surface area contributed by atoms with E-state index in [9.17, 15) is 5.11 Å². The van der Waals surface area contributed by atoms with E-state index < -0.39 is 6.10 Å². The van der Waals surface area contributed by atoms with E-state index in [0.29, 0.717) is 19.1 Å². The van der Waals surface area contributed by atoms with Crippen LogP contribution < -0.4 is 4.74 Å². The van der Waals surface area contributed by atoms with Gasteiger partial charge in [0.25, 0.3) is 0 Å². The Bertz CT molecular complexity index is 670. The molecule has 1 aliphatic rings. The molecule has 1 aliphatic heterocycles. The van der Waals surface area contributed by atoms with Gasteiger partial charge in [-0.3, -0.25) is 4.68 Å². The molecule has 0 amide bonds. The number of ether oxygens (including phenoxy) is 1. The van der Waals surface area contributed by atoms with E-state index >= 15 is 0 Å². The topological polar surface area (TPSA) is 50.5 Å². The number of benzene rings is 1. The number of β-amino-alcohol motifs (C(OH)–C–C–N with tert-alkyl or cyclic N) is 1. The van der Waals surface area contributed by atoms with Crippen molar-refractivity contribution in [1.82, 2.24) is 14.7 Å². The maximum Gasteiger partial charge on any atom is 0.119 e. The first-order valence-electron chi connectivity index (χ1n) is 9.10. The van der Waals surface area contributed by atoms with Crippen LogP contribution in [0, 0.1) is 13.8 Å². The predicted octanol–water partition coefficient (Wildman–Crippen LogP) is 2.66. The summed E-state index contributed by atoms with van der Waals surface area (Å²) in [4.78, 5) is 2.33. The molecule has 1 saturated heterocycles. The van der Waals surface area contributed by atoms with Crippen LogP contribution in [0.5, 0.6) is 5.75 Å². The number of aliphatic hydroxyl groups excluding tert-OH is 1. The second-order valence-electron chi connectivity index (χ2n) is 7.28. The number of rotatable bonds is 6. The fourth-order valence-corrected chi connectivity index (χ4v) is 3.62. The van der Waals surface area contributed by atoms with Gasteiger partial charge in [-0.2, -0.15) is 5.10 Å². The zero-order chi connectivity index (χ0) is 17.8. The van der Waals surface area contributed by atoms with Crippen molar-refractivity contribution in [3.05, 3.63) is 47.3 Å². The second kappa shape index (κ2) is 8.02. The molecule has 2 heterocycles. The molecule has 1 unspecified atom stereocenters. The van der Waals surface area contributed by atoms with Gasteiger partial charge in [0.2, 0.25) is 0 Å². The summed E-state index contributed by atoms with van der Waals surface area (Å²) in [7, 11) is 1.96. The molecule has 1 N–H and O–H groups in total. The van der Waals surface area contributed by atoms with Crippen LogP contribution in [0.15, 0.2) is 30.5 Å². The molecule has 25 heavy (non-hydrogen) atoms. The van der Waals surface area contributed by atoms with Crippen molar-refractivity contribution in [2.75, 3.05) is 26.2 Å². The minimum Gasteiger partial charge on any atom is -0.491 e. The molecule has 136 valence electrons. The Labute approximate surface area is 150 Å². The minimum absolute atomic E-state index is 0.336. The summed E-state index contributed by atoms with van der Waals surface area (Å²) < 4.78 is 7.65. The molecule has 5 nitrogen and oxygen atoms in total. The first-order chi connectivity index (χ1) is 12.0. The van der Waals surface area contributed by atoms with Crippen LogP contribution in [-0.4, -0.2) is 52.1 Å². The predicted molar refractivity (Wildman–Crippen MR) is 99.0 cm³/mol. The van der Waals surface area contributed by atoms with Crippen molar-refractivity contribution in [2.24, 2.45) is 7.05 Å². The quantitative estimate of drug-likeness (QED) is 0.876. The molecule has 1 aromatic carbocycles. The molecular weight excluding hydrogens is 314 g/mol. The lowest BCUT2D eigenvalue weighted by Gasteiger charge is -2.32. The van der Waals surface area contributed by atoms with E-state index in [4.69, 9.17) is 4.74 Å². The molecule has 1 aromatic heterocycles. The van der Waals surface area contributed by atoms with Crippen molar-refractivity contribution in [2.45, 2.75) is 38.7 Å². The molecule has 1 fully saturated rings. The fraction of sp³-hybridized carbons (Fsp3) is 0.550. The molecule has 0 bridgehead atoms. The standard InChI is InChI=1S/C20H29N3O2/c1-15-10-16(2)12-19(11-15)25-14-18(24)13-23-8-4-17(5-9-23)20-6-7-22(3)21-20/h6-7,10-12,17-18,24H,4-5,8-9,13-14H2,1-3H3. The molecule has 3 rings (SSSR count). The third kappa shape index (κ3) is 5.06. The molecule has 5 heteroatoms. The van der Waals surface area contributed by atoms with E-state index in [0.717, 1.165) is 31.7 Å². The van der Waals surface area contributed by atoms with Gasteiger partial charge < -0.3 is 14.7 Å². The van der Waals surface area contributed by atoms with Crippen LogP contribution in [0.4, 0.5) is 0 Å². The second-order valence-corrected chi connectivity index (χ2v) is 7.28.